The van der Waals surface area contributed by atoms with Gasteiger partial charge in [0.15, 0.2) is 6.10 Å². The van der Waals surface area contributed by atoms with Gasteiger partial charge in [-0.2, -0.15) is 0 Å². The SMILES string of the molecule is Cc1nc2sc(C(=O)O[C@@H](C)C(=O)N3CCCCCC3)c(C)c2c(=O)[nH]1. The second kappa shape index (κ2) is 7.57. The molecule has 0 unspecified atom stereocenters. The van der Waals surface area contributed by atoms with E-state index in [0.29, 0.717) is 39.6 Å². The number of nitrogens with one attached hydrogen (secondary N) is 1. The van der Waals surface area contributed by atoms with Gasteiger partial charge in [0.2, 0.25) is 0 Å². The molecule has 0 aliphatic carbocycles. The highest BCUT2D eigenvalue weighted by atomic mass is 32.1. The lowest BCUT2D eigenvalue weighted by atomic mass is 10.2. The minimum Gasteiger partial charge on any atom is -0.448 e. The van der Waals surface area contributed by atoms with Crippen LogP contribution in [0.15, 0.2) is 4.79 Å². The van der Waals surface area contributed by atoms with Crippen molar-refractivity contribution in [3.63, 3.8) is 0 Å². The van der Waals surface area contributed by atoms with Crippen LogP contribution in [0.3, 0.4) is 0 Å². The number of hydrogen-bond donors (Lipinski definition) is 1. The quantitative estimate of drug-likeness (QED) is 0.830. The molecule has 1 N–H and O–H groups in total. The van der Waals surface area contributed by atoms with Crippen LogP contribution in [0.4, 0.5) is 0 Å². The van der Waals surface area contributed by atoms with Gasteiger partial charge >= 0.3 is 5.97 Å². The smallest absolute Gasteiger partial charge is 0.349 e. The number of aryl methyl sites for hydroxylation is 2. The Bertz CT molecular complexity index is 894. The van der Waals surface area contributed by atoms with Crippen LogP contribution in [-0.4, -0.2) is 45.9 Å². The third-order valence-electron chi connectivity index (χ3n) is 4.65. The number of hydrogen-bond acceptors (Lipinski definition) is 6. The molecular formula is C18H23N3O4S. The summed E-state index contributed by atoms with van der Waals surface area (Å²) in [6.45, 7) is 6.41. The van der Waals surface area contributed by atoms with E-state index < -0.39 is 12.1 Å². The number of rotatable bonds is 3. The summed E-state index contributed by atoms with van der Waals surface area (Å²) in [6, 6.07) is 0. The summed E-state index contributed by atoms with van der Waals surface area (Å²) in [5, 5.41) is 0.402. The number of H-pyrrole nitrogens is 1. The number of aromatic nitrogens is 2. The standard InChI is InChI=1S/C18H23N3O4S/c1-10-13-15(22)19-12(3)20-16(13)26-14(10)18(24)25-11(2)17(23)21-8-6-4-5-7-9-21/h11H,4-9H2,1-3H3,(H,19,20,22)/t11-/m0/s1. The fraction of sp³-hybridized carbons (Fsp3) is 0.556. The molecule has 0 aromatic carbocycles. The van der Waals surface area contributed by atoms with Gasteiger partial charge in [-0.25, -0.2) is 9.78 Å². The van der Waals surface area contributed by atoms with Gasteiger partial charge in [-0.05, 0) is 39.2 Å². The first-order valence-corrected chi connectivity index (χ1v) is 9.70. The minimum absolute atomic E-state index is 0.161. The van der Waals surface area contributed by atoms with Gasteiger partial charge in [0.25, 0.3) is 11.5 Å². The van der Waals surface area contributed by atoms with E-state index in [2.05, 4.69) is 9.97 Å². The molecule has 1 aliphatic heterocycles. The van der Waals surface area contributed by atoms with Crippen molar-refractivity contribution in [1.82, 2.24) is 14.9 Å². The maximum atomic E-state index is 12.6. The van der Waals surface area contributed by atoms with E-state index in [0.717, 1.165) is 37.0 Å². The summed E-state index contributed by atoms with van der Waals surface area (Å²) in [4.78, 5) is 46.8. The number of fused-ring (bicyclic) bond motifs is 1. The van der Waals surface area contributed by atoms with Crippen molar-refractivity contribution in [1.29, 1.82) is 0 Å². The number of ether oxygens (including phenoxy) is 1. The number of nitrogens with zero attached hydrogens (tertiary/aromatic N) is 2. The zero-order valence-electron chi connectivity index (χ0n) is 15.3. The Hall–Kier alpha value is -2.22. The highest BCUT2D eigenvalue weighted by Gasteiger charge is 2.27. The van der Waals surface area contributed by atoms with Crippen LogP contribution in [0.25, 0.3) is 10.2 Å². The van der Waals surface area contributed by atoms with Crippen molar-refractivity contribution in [2.75, 3.05) is 13.1 Å². The van der Waals surface area contributed by atoms with Gasteiger partial charge in [-0.1, -0.05) is 12.8 Å². The summed E-state index contributed by atoms with van der Waals surface area (Å²) < 4.78 is 5.41. The van der Waals surface area contributed by atoms with Crippen LogP contribution >= 0.6 is 11.3 Å². The van der Waals surface area contributed by atoms with Crippen molar-refractivity contribution < 1.29 is 14.3 Å². The number of carbonyl (C=O) groups is 2. The van der Waals surface area contributed by atoms with Gasteiger partial charge in [0, 0.05) is 13.1 Å². The molecule has 1 aliphatic rings. The van der Waals surface area contributed by atoms with Gasteiger partial charge in [0.05, 0.1) is 5.39 Å². The Kier molecular flexibility index (Phi) is 5.41. The average molecular weight is 377 g/mol. The second-order valence-electron chi connectivity index (χ2n) is 6.67. The molecule has 8 heteroatoms. The molecule has 2 aromatic rings. The first-order chi connectivity index (χ1) is 12.4. The van der Waals surface area contributed by atoms with E-state index in [9.17, 15) is 14.4 Å². The van der Waals surface area contributed by atoms with Crippen LogP contribution in [0.2, 0.25) is 0 Å². The highest BCUT2D eigenvalue weighted by Crippen LogP contribution is 2.28. The van der Waals surface area contributed by atoms with Crippen LogP contribution in [0.5, 0.6) is 0 Å². The van der Waals surface area contributed by atoms with E-state index in [1.54, 1.807) is 25.7 Å². The zero-order valence-corrected chi connectivity index (χ0v) is 16.1. The molecule has 1 fully saturated rings. The maximum absolute atomic E-state index is 12.6. The maximum Gasteiger partial charge on any atom is 0.349 e. The first kappa shape index (κ1) is 18.6. The van der Waals surface area contributed by atoms with Gasteiger partial charge in [-0.3, -0.25) is 9.59 Å². The van der Waals surface area contributed by atoms with Gasteiger partial charge < -0.3 is 14.6 Å². The molecule has 0 spiro atoms. The Morgan fingerprint density at radius 2 is 1.85 bits per heavy atom. The molecule has 1 amide bonds. The van der Waals surface area contributed by atoms with E-state index in [1.807, 2.05) is 0 Å². The largest absolute Gasteiger partial charge is 0.448 e. The van der Waals surface area contributed by atoms with Crippen molar-refractivity contribution in [2.45, 2.75) is 52.6 Å². The molecule has 26 heavy (non-hydrogen) atoms. The number of thiophene rings is 1. The third kappa shape index (κ3) is 3.65. The van der Waals surface area contributed by atoms with Crippen LogP contribution in [0.1, 0.15) is 53.7 Å². The molecule has 2 aromatic heterocycles. The lowest BCUT2D eigenvalue weighted by Crippen LogP contribution is -2.40. The fourth-order valence-electron chi connectivity index (χ4n) is 3.26. The molecule has 3 heterocycles. The lowest BCUT2D eigenvalue weighted by Gasteiger charge is -2.23. The third-order valence-corrected chi connectivity index (χ3v) is 5.82. The molecule has 0 bridgehead atoms. The van der Waals surface area contributed by atoms with Crippen LogP contribution in [-0.2, 0) is 9.53 Å². The molecule has 0 saturated carbocycles. The topological polar surface area (TPSA) is 92.4 Å². The predicted molar refractivity (Wildman–Crippen MR) is 99.6 cm³/mol. The number of aromatic amines is 1. The van der Waals surface area contributed by atoms with E-state index >= 15 is 0 Å². The fourth-order valence-corrected chi connectivity index (χ4v) is 4.37. The number of carbonyl (C=O) groups excluding carboxylic acids is 2. The minimum atomic E-state index is -0.849. The Balaban J connectivity index is 1.78. The summed E-state index contributed by atoms with van der Waals surface area (Å²) >= 11 is 1.12. The van der Waals surface area contributed by atoms with E-state index in [1.165, 1.54) is 0 Å². The first-order valence-electron chi connectivity index (χ1n) is 8.88. The van der Waals surface area contributed by atoms with Crippen molar-refractivity contribution >= 4 is 33.4 Å². The Labute approximate surface area is 155 Å². The number of amides is 1. The van der Waals surface area contributed by atoms with E-state index in [4.69, 9.17) is 4.74 Å². The Morgan fingerprint density at radius 1 is 1.19 bits per heavy atom. The molecule has 0 radical (unpaired) electrons. The van der Waals surface area contributed by atoms with Crippen LogP contribution < -0.4 is 5.56 Å². The summed E-state index contributed by atoms with van der Waals surface area (Å²) in [6.07, 6.45) is 3.36. The summed E-state index contributed by atoms with van der Waals surface area (Å²) in [5.74, 6) is -0.252. The van der Waals surface area contributed by atoms with Gasteiger partial charge in [-0.15, -0.1) is 11.3 Å². The van der Waals surface area contributed by atoms with Gasteiger partial charge in [0.1, 0.15) is 15.5 Å². The van der Waals surface area contributed by atoms with Crippen molar-refractivity contribution in [2.24, 2.45) is 0 Å². The van der Waals surface area contributed by atoms with E-state index in [-0.39, 0.29) is 11.5 Å². The molecule has 1 saturated heterocycles. The normalized spacial score (nSPS) is 16.3. The van der Waals surface area contributed by atoms with Crippen LogP contribution in [0, 0.1) is 13.8 Å². The Morgan fingerprint density at radius 3 is 2.50 bits per heavy atom. The van der Waals surface area contributed by atoms with Crippen molar-refractivity contribution in [3.8, 4) is 0 Å². The molecule has 140 valence electrons. The highest BCUT2D eigenvalue weighted by molar-refractivity contribution is 7.20. The predicted octanol–water partition coefficient (Wildman–Crippen LogP) is 2.55. The summed E-state index contributed by atoms with van der Waals surface area (Å²) in [7, 11) is 0. The second-order valence-corrected chi connectivity index (χ2v) is 7.67. The molecular weight excluding hydrogens is 354 g/mol. The lowest BCUT2D eigenvalue weighted by molar-refractivity contribution is -0.139. The van der Waals surface area contributed by atoms with Crippen molar-refractivity contribution in [3.05, 3.63) is 26.6 Å². The summed E-state index contributed by atoms with van der Waals surface area (Å²) in [5.41, 5.74) is 0.271. The average Bonchev–Trinajstić information content (AvgIpc) is 2.76. The zero-order chi connectivity index (χ0) is 18.8. The molecule has 1 atom stereocenters. The monoisotopic (exact) mass is 377 g/mol. The number of likely N-dealkylation sites (tertiary alicyclic amines) is 1. The number of esters is 1. The molecule has 7 nitrogen and oxygen atoms in total. The molecule has 3 rings (SSSR count).